The highest BCUT2D eigenvalue weighted by Gasteiger charge is 2.25. The minimum absolute atomic E-state index is 0.207. The third-order valence-corrected chi connectivity index (χ3v) is 3.76. The van der Waals surface area contributed by atoms with Crippen molar-refractivity contribution in [3.05, 3.63) is 10.6 Å². The molecule has 15 heavy (non-hydrogen) atoms. The Bertz CT molecular complexity index is 337. The van der Waals surface area contributed by atoms with Gasteiger partial charge in [-0.1, -0.05) is 18.3 Å². The largest absolute Gasteiger partial charge is 0.370 e. The molecule has 2 heterocycles. The first kappa shape index (κ1) is 10.9. The number of hydrogen-bond acceptors (Lipinski definition) is 4. The smallest absolute Gasteiger partial charge is 0.183 e. The van der Waals surface area contributed by atoms with E-state index in [1.54, 1.807) is 11.3 Å². The van der Waals surface area contributed by atoms with Crippen molar-refractivity contribution in [3.8, 4) is 0 Å². The maximum Gasteiger partial charge on any atom is 0.183 e. The number of fused-ring (bicyclic) bond motifs is 1. The van der Waals surface area contributed by atoms with Crippen LogP contribution in [-0.4, -0.2) is 17.6 Å². The van der Waals surface area contributed by atoms with E-state index >= 15 is 0 Å². The summed E-state index contributed by atoms with van der Waals surface area (Å²) in [6, 6.07) is 0. The number of hydrogen-bond donors (Lipinski definition) is 1. The minimum Gasteiger partial charge on any atom is -0.370 e. The molecule has 0 aromatic carbocycles. The quantitative estimate of drug-likeness (QED) is 0.860. The zero-order valence-corrected chi connectivity index (χ0v) is 10.4. The van der Waals surface area contributed by atoms with Crippen LogP contribution in [0.15, 0.2) is 0 Å². The molecule has 1 aliphatic heterocycles. The van der Waals surface area contributed by atoms with Gasteiger partial charge in [-0.3, -0.25) is 0 Å². The van der Waals surface area contributed by atoms with Crippen LogP contribution in [-0.2, 0) is 11.2 Å². The molecule has 1 N–H and O–H groups in total. The van der Waals surface area contributed by atoms with Gasteiger partial charge in [0.15, 0.2) is 5.13 Å². The Kier molecular flexibility index (Phi) is 3.26. The van der Waals surface area contributed by atoms with E-state index in [1.807, 2.05) is 0 Å². The molecular formula is C11H18N2OS. The fraction of sp³-hybridized carbons (Fsp3) is 0.727. The van der Waals surface area contributed by atoms with E-state index in [0.717, 1.165) is 24.5 Å². The van der Waals surface area contributed by atoms with Gasteiger partial charge in [0.1, 0.15) is 0 Å². The molecule has 0 saturated heterocycles. The highest BCUT2D eigenvalue weighted by molar-refractivity contribution is 7.15. The molecule has 0 fully saturated rings. The molecule has 2 rings (SSSR count). The summed E-state index contributed by atoms with van der Waals surface area (Å²) in [5.74, 6) is 0. The average Bonchev–Trinajstić information content (AvgIpc) is 2.57. The molecule has 3 nitrogen and oxygen atoms in total. The zero-order valence-electron chi connectivity index (χ0n) is 9.54. The van der Waals surface area contributed by atoms with Crippen LogP contribution in [0.1, 0.15) is 43.9 Å². The average molecular weight is 226 g/mol. The van der Waals surface area contributed by atoms with Gasteiger partial charge in [-0.25, -0.2) is 4.98 Å². The Labute approximate surface area is 94.9 Å². The number of nitrogens with zero attached hydrogens (tertiary/aromatic N) is 1. The van der Waals surface area contributed by atoms with Gasteiger partial charge in [-0.15, -0.1) is 0 Å². The van der Waals surface area contributed by atoms with Crippen LogP contribution >= 0.6 is 11.3 Å². The lowest BCUT2D eigenvalue weighted by Gasteiger charge is -2.23. The first-order valence-corrected chi connectivity index (χ1v) is 6.41. The topological polar surface area (TPSA) is 34.2 Å². The molecule has 84 valence electrons. The van der Waals surface area contributed by atoms with Gasteiger partial charge in [0.05, 0.1) is 22.8 Å². The van der Waals surface area contributed by atoms with Crippen LogP contribution in [0.25, 0.3) is 0 Å². The number of rotatable bonds is 3. The molecule has 1 aliphatic rings. The summed E-state index contributed by atoms with van der Waals surface area (Å²) in [6.45, 7) is 7.37. The molecule has 0 amide bonds. The first-order chi connectivity index (χ1) is 7.20. The fourth-order valence-corrected chi connectivity index (χ4v) is 2.87. The summed E-state index contributed by atoms with van der Waals surface area (Å²) in [4.78, 5) is 5.91. The third kappa shape index (κ3) is 2.32. The van der Waals surface area contributed by atoms with Crippen LogP contribution < -0.4 is 5.32 Å². The molecule has 2 unspecified atom stereocenters. The van der Waals surface area contributed by atoms with Gasteiger partial charge < -0.3 is 10.1 Å². The molecule has 1 aromatic rings. The molecule has 0 radical (unpaired) electrons. The lowest BCUT2D eigenvalue weighted by atomic mass is 10.1. The second kappa shape index (κ2) is 4.49. The second-order valence-electron chi connectivity index (χ2n) is 4.05. The van der Waals surface area contributed by atoms with Gasteiger partial charge in [0, 0.05) is 13.0 Å². The summed E-state index contributed by atoms with van der Waals surface area (Å²) in [6.07, 6.45) is 2.59. The molecular weight excluding hydrogens is 208 g/mol. The van der Waals surface area contributed by atoms with Gasteiger partial charge in [0.2, 0.25) is 0 Å². The predicted octanol–water partition coefficient (Wildman–Crippen LogP) is 2.99. The number of nitrogens with one attached hydrogen (secondary N) is 1. The van der Waals surface area contributed by atoms with Crippen LogP contribution in [0, 0.1) is 0 Å². The van der Waals surface area contributed by atoms with Crippen molar-refractivity contribution in [1.82, 2.24) is 4.98 Å². The van der Waals surface area contributed by atoms with Crippen molar-refractivity contribution in [3.63, 3.8) is 0 Å². The summed E-state index contributed by atoms with van der Waals surface area (Å²) in [5.41, 5.74) is 1.23. The zero-order chi connectivity index (χ0) is 10.8. The van der Waals surface area contributed by atoms with Crippen LogP contribution in [0.4, 0.5) is 5.13 Å². The Morgan fingerprint density at radius 2 is 2.33 bits per heavy atom. The van der Waals surface area contributed by atoms with Crippen LogP contribution in [0.3, 0.4) is 0 Å². The molecule has 0 saturated carbocycles. The van der Waals surface area contributed by atoms with Crippen molar-refractivity contribution in [2.24, 2.45) is 0 Å². The highest BCUT2D eigenvalue weighted by Crippen LogP contribution is 2.36. The normalized spacial score (nSPS) is 25.0. The molecule has 0 bridgehead atoms. The fourth-order valence-electron chi connectivity index (χ4n) is 1.87. The first-order valence-electron chi connectivity index (χ1n) is 5.59. The van der Waals surface area contributed by atoms with E-state index < -0.39 is 0 Å². The maximum atomic E-state index is 5.77. The summed E-state index contributed by atoms with van der Waals surface area (Å²) in [5, 5.41) is 4.39. The van der Waals surface area contributed by atoms with E-state index in [1.165, 1.54) is 10.6 Å². The monoisotopic (exact) mass is 226 g/mol. The lowest BCUT2D eigenvalue weighted by molar-refractivity contribution is -0.00316. The highest BCUT2D eigenvalue weighted by atomic mass is 32.1. The van der Waals surface area contributed by atoms with E-state index in [-0.39, 0.29) is 6.10 Å². The number of ether oxygens (including phenoxy) is 1. The van der Waals surface area contributed by atoms with Crippen molar-refractivity contribution in [2.45, 2.75) is 45.8 Å². The summed E-state index contributed by atoms with van der Waals surface area (Å²) in [7, 11) is 0. The van der Waals surface area contributed by atoms with Gasteiger partial charge in [0.25, 0.3) is 0 Å². The standard InChI is InChI=1S/C11H18N2OS/c1-4-5-12-11-13-9-6-7(2)14-8(3)10(9)15-11/h7-8H,4-6H2,1-3H3,(H,12,13). The summed E-state index contributed by atoms with van der Waals surface area (Å²) >= 11 is 1.74. The SMILES string of the molecule is CCCNc1nc2c(s1)C(C)OC(C)C2. The number of anilines is 1. The second-order valence-corrected chi connectivity index (χ2v) is 5.08. The molecule has 2 atom stereocenters. The van der Waals surface area contributed by atoms with E-state index in [4.69, 9.17) is 4.74 Å². The maximum absolute atomic E-state index is 5.77. The van der Waals surface area contributed by atoms with Gasteiger partial charge in [-0.2, -0.15) is 0 Å². The van der Waals surface area contributed by atoms with E-state index in [0.29, 0.717) is 6.10 Å². The Morgan fingerprint density at radius 3 is 3.07 bits per heavy atom. The van der Waals surface area contributed by atoms with Gasteiger partial charge >= 0.3 is 0 Å². The third-order valence-electron chi connectivity index (χ3n) is 2.54. The van der Waals surface area contributed by atoms with Crippen LogP contribution in [0.2, 0.25) is 0 Å². The van der Waals surface area contributed by atoms with E-state index in [2.05, 4.69) is 31.1 Å². The summed E-state index contributed by atoms with van der Waals surface area (Å²) < 4.78 is 5.77. The molecule has 0 aliphatic carbocycles. The Hall–Kier alpha value is -0.610. The van der Waals surface area contributed by atoms with Crippen molar-refractivity contribution >= 4 is 16.5 Å². The Balaban J connectivity index is 2.15. The van der Waals surface area contributed by atoms with Crippen molar-refractivity contribution < 1.29 is 4.74 Å². The van der Waals surface area contributed by atoms with E-state index in [9.17, 15) is 0 Å². The minimum atomic E-state index is 0.207. The van der Waals surface area contributed by atoms with Crippen molar-refractivity contribution in [2.75, 3.05) is 11.9 Å². The number of thiazole rings is 1. The number of aromatic nitrogens is 1. The lowest BCUT2D eigenvalue weighted by Crippen LogP contribution is -2.20. The molecule has 1 aromatic heterocycles. The Morgan fingerprint density at radius 1 is 1.53 bits per heavy atom. The molecule has 4 heteroatoms. The molecule has 0 spiro atoms. The van der Waals surface area contributed by atoms with Crippen LogP contribution in [0.5, 0.6) is 0 Å². The van der Waals surface area contributed by atoms with Crippen molar-refractivity contribution in [1.29, 1.82) is 0 Å². The predicted molar refractivity (Wildman–Crippen MR) is 63.6 cm³/mol. The van der Waals surface area contributed by atoms with Gasteiger partial charge in [-0.05, 0) is 20.3 Å².